The van der Waals surface area contributed by atoms with E-state index in [1.54, 1.807) is 0 Å². The average molecular weight is 351 g/mol. The van der Waals surface area contributed by atoms with E-state index in [4.69, 9.17) is 0 Å². The topological polar surface area (TPSA) is 35.6 Å². The third-order valence-corrected chi connectivity index (χ3v) is 5.25. The first-order valence-corrected chi connectivity index (χ1v) is 9.42. The molecule has 2 aromatic rings. The van der Waals surface area contributed by atoms with Gasteiger partial charge in [0.15, 0.2) is 0 Å². The van der Waals surface area contributed by atoms with Gasteiger partial charge in [0.25, 0.3) is 0 Å². The van der Waals surface area contributed by atoms with Gasteiger partial charge in [-0.15, -0.1) is 0 Å². The maximum absolute atomic E-state index is 12.5. The number of piperazine rings is 1. The highest BCUT2D eigenvalue weighted by atomic mass is 16.2. The fourth-order valence-corrected chi connectivity index (χ4v) is 3.59. The summed E-state index contributed by atoms with van der Waals surface area (Å²) in [7, 11) is 0. The summed E-state index contributed by atoms with van der Waals surface area (Å²) in [6.07, 6.45) is 0. The largest absolute Gasteiger partial charge is 0.369 e. The molecule has 4 nitrogen and oxygen atoms in total. The summed E-state index contributed by atoms with van der Waals surface area (Å²) >= 11 is 0. The smallest absolute Gasteiger partial charge is 0.237 e. The molecule has 138 valence electrons. The van der Waals surface area contributed by atoms with Crippen LogP contribution in [0, 0.1) is 13.8 Å². The Hall–Kier alpha value is -2.33. The molecule has 0 radical (unpaired) electrons. The Labute approximate surface area is 156 Å². The molecule has 1 heterocycles. The molecule has 4 heteroatoms. The van der Waals surface area contributed by atoms with Crippen molar-refractivity contribution in [1.29, 1.82) is 0 Å². The first-order valence-electron chi connectivity index (χ1n) is 9.42. The van der Waals surface area contributed by atoms with Crippen LogP contribution in [0.15, 0.2) is 48.5 Å². The van der Waals surface area contributed by atoms with Crippen molar-refractivity contribution in [2.45, 2.75) is 33.4 Å². The van der Waals surface area contributed by atoms with Crippen LogP contribution in [-0.4, -0.2) is 43.0 Å². The van der Waals surface area contributed by atoms with E-state index in [0.29, 0.717) is 6.54 Å². The second-order valence-electron chi connectivity index (χ2n) is 7.19. The van der Waals surface area contributed by atoms with E-state index < -0.39 is 0 Å². The van der Waals surface area contributed by atoms with Crippen molar-refractivity contribution in [3.05, 3.63) is 65.2 Å². The molecule has 1 saturated heterocycles. The van der Waals surface area contributed by atoms with Crippen LogP contribution in [0.25, 0.3) is 0 Å². The highest BCUT2D eigenvalue weighted by Gasteiger charge is 2.25. The lowest BCUT2D eigenvalue weighted by molar-refractivity contribution is -0.126. The van der Waals surface area contributed by atoms with Crippen molar-refractivity contribution in [3.63, 3.8) is 0 Å². The van der Waals surface area contributed by atoms with E-state index in [0.717, 1.165) is 31.7 Å². The first-order chi connectivity index (χ1) is 12.5. The summed E-state index contributed by atoms with van der Waals surface area (Å²) in [5.41, 5.74) is 4.99. The molecule has 1 aliphatic heterocycles. The van der Waals surface area contributed by atoms with Crippen molar-refractivity contribution in [2.75, 3.05) is 31.1 Å². The maximum atomic E-state index is 12.5. The third kappa shape index (κ3) is 4.44. The third-order valence-electron chi connectivity index (χ3n) is 5.25. The molecule has 1 aliphatic rings. The Morgan fingerprint density at radius 1 is 1.04 bits per heavy atom. The molecule has 1 atom stereocenters. The number of rotatable bonds is 5. The molecule has 3 rings (SSSR count). The number of anilines is 1. The van der Waals surface area contributed by atoms with E-state index in [-0.39, 0.29) is 11.9 Å². The van der Waals surface area contributed by atoms with Crippen LogP contribution in [0.4, 0.5) is 5.69 Å². The molecular formula is C22H29N3O. The lowest BCUT2D eigenvalue weighted by atomic mass is 10.1. The van der Waals surface area contributed by atoms with Crippen LogP contribution in [0.3, 0.4) is 0 Å². The summed E-state index contributed by atoms with van der Waals surface area (Å²) in [5, 5.41) is 3.08. The van der Waals surface area contributed by atoms with E-state index in [1.165, 1.54) is 16.8 Å². The number of nitrogens with one attached hydrogen (secondary N) is 1. The molecule has 1 unspecified atom stereocenters. The minimum absolute atomic E-state index is 0.0983. The predicted molar refractivity (Wildman–Crippen MR) is 107 cm³/mol. The Morgan fingerprint density at radius 2 is 1.77 bits per heavy atom. The highest BCUT2D eigenvalue weighted by Crippen LogP contribution is 2.21. The molecule has 0 saturated carbocycles. The SMILES string of the molecule is Cc1cccc(CNC(=O)C(C)N2CCN(c3ccccc3C)CC2)c1. The number of amides is 1. The normalized spacial score (nSPS) is 16.3. The van der Waals surface area contributed by atoms with Crippen LogP contribution in [0.1, 0.15) is 23.6 Å². The number of carbonyl (C=O) groups excluding carboxylic acids is 1. The van der Waals surface area contributed by atoms with Gasteiger partial charge in [-0.2, -0.15) is 0 Å². The van der Waals surface area contributed by atoms with Gasteiger partial charge >= 0.3 is 0 Å². The molecule has 1 N–H and O–H groups in total. The summed E-state index contributed by atoms with van der Waals surface area (Å²) < 4.78 is 0. The van der Waals surface area contributed by atoms with Crippen LogP contribution in [-0.2, 0) is 11.3 Å². The van der Waals surface area contributed by atoms with Gasteiger partial charge in [0.2, 0.25) is 5.91 Å². The number of carbonyl (C=O) groups is 1. The van der Waals surface area contributed by atoms with Gasteiger partial charge in [-0.05, 0) is 38.0 Å². The number of hydrogen-bond donors (Lipinski definition) is 1. The monoisotopic (exact) mass is 351 g/mol. The van der Waals surface area contributed by atoms with E-state index in [9.17, 15) is 4.79 Å². The number of benzene rings is 2. The summed E-state index contributed by atoms with van der Waals surface area (Å²) in [4.78, 5) is 17.2. The minimum atomic E-state index is -0.0983. The molecule has 0 bridgehead atoms. The number of nitrogens with zero attached hydrogens (tertiary/aromatic N) is 2. The Balaban J connectivity index is 1.50. The number of para-hydroxylation sites is 1. The van der Waals surface area contributed by atoms with Gasteiger partial charge in [0.05, 0.1) is 6.04 Å². The molecule has 0 aromatic heterocycles. The molecule has 0 aliphatic carbocycles. The zero-order valence-electron chi connectivity index (χ0n) is 16.0. The molecule has 1 amide bonds. The Kier molecular flexibility index (Phi) is 5.94. The molecular weight excluding hydrogens is 322 g/mol. The molecule has 2 aromatic carbocycles. The average Bonchev–Trinajstić information content (AvgIpc) is 2.66. The zero-order chi connectivity index (χ0) is 18.5. The lowest BCUT2D eigenvalue weighted by Crippen LogP contribution is -2.54. The summed E-state index contributed by atoms with van der Waals surface area (Å²) in [5.74, 6) is 0.107. The highest BCUT2D eigenvalue weighted by molar-refractivity contribution is 5.81. The quantitative estimate of drug-likeness (QED) is 0.899. The van der Waals surface area contributed by atoms with Crippen molar-refractivity contribution in [2.24, 2.45) is 0 Å². The number of hydrogen-bond acceptors (Lipinski definition) is 3. The minimum Gasteiger partial charge on any atom is -0.369 e. The van der Waals surface area contributed by atoms with Gasteiger partial charge in [-0.1, -0.05) is 48.0 Å². The molecule has 26 heavy (non-hydrogen) atoms. The summed E-state index contributed by atoms with van der Waals surface area (Å²) in [6.45, 7) is 10.6. The van der Waals surface area contributed by atoms with Crippen LogP contribution < -0.4 is 10.2 Å². The van der Waals surface area contributed by atoms with Crippen LogP contribution in [0.5, 0.6) is 0 Å². The van der Waals surface area contributed by atoms with Crippen molar-refractivity contribution < 1.29 is 4.79 Å². The van der Waals surface area contributed by atoms with Crippen LogP contribution >= 0.6 is 0 Å². The van der Waals surface area contributed by atoms with Gasteiger partial charge in [0.1, 0.15) is 0 Å². The van der Waals surface area contributed by atoms with Gasteiger partial charge < -0.3 is 10.2 Å². The van der Waals surface area contributed by atoms with E-state index >= 15 is 0 Å². The second kappa shape index (κ2) is 8.37. The molecule has 1 fully saturated rings. The van der Waals surface area contributed by atoms with Crippen molar-refractivity contribution in [3.8, 4) is 0 Å². The summed E-state index contributed by atoms with van der Waals surface area (Å²) in [6, 6.07) is 16.7. The van der Waals surface area contributed by atoms with Gasteiger partial charge in [-0.3, -0.25) is 9.69 Å². The van der Waals surface area contributed by atoms with Crippen molar-refractivity contribution >= 4 is 11.6 Å². The lowest BCUT2D eigenvalue weighted by Gasteiger charge is -2.39. The van der Waals surface area contributed by atoms with Gasteiger partial charge in [0, 0.05) is 38.4 Å². The second-order valence-corrected chi connectivity index (χ2v) is 7.19. The van der Waals surface area contributed by atoms with Gasteiger partial charge in [-0.25, -0.2) is 0 Å². The zero-order valence-corrected chi connectivity index (χ0v) is 16.0. The van der Waals surface area contributed by atoms with E-state index in [1.807, 2.05) is 13.0 Å². The Morgan fingerprint density at radius 3 is 2.46 bits per heavy atom. The molecule has 0 spiro atoms. The Bertz CT molecular complexity index is 751. The standard InChI is InChI=1S/C22H29N3O/c1-17-7-6-9-20(15-17)16-23-22(26)19(3)24-11-13-25(14-12-24)21-10-5-4-8-18(21)2/h4-10,15,19H,11-14,16H2,1-3H3,(H,23,26). The van der Waals surface area contributed by atoms with E-state index in [2.05, 4.69) is 71.4 Å². The fraction of sp³-hybridized carbons (Fsp3) is 0.409. The first kappa shape index (κ1) is 18.5. The number of aryl methyl sites for hydroxylation is 2. The van der Waals surface area contributed by atoms with Crippen molar-refractivity contribution in [1.82, 2.24) is 10.2 Å². The van der Waals surface area contributed by atoms with Crippen LogP contribution in [0.2, 0.25) is 0 Å². The predicted octanol–water partition coefficient (Wildman–Crippen LogP) is 3.13. The fourth-order valence-electron chi connectivity index (χ4n) is 3.59. The maximum Gasteiger partial charge on any atom is 0.237 e.